The molecular formula is C16H23NO3. The van der Waals surface area contributed by atoms with Crippen LogP contribution in [0, 0.1) is 0 Å². The highest BCUT2D eigenvalue weighted by Gasteiger charge is 2.20. The summed E-state index contributed by atoms with van der Waals surface area (Å²) in [5, 5.41) is 3.55. The number of rotatable bonds is 6. The van der Waals surface area contributed by atoms with Crippen LogP contribution in [0.5, 0.6) is 5.75 Å². The highest BCUT2D eigenvalue weighted by molar-refractivity contribution is 5.69. The third-order valence-corrected chi connectivity index (χ3v) is 3.84. The van der Waals surface area contributed by atoms with Gasteiger partial charge in [-0.3, -0.25) is 4.79 Å². The van der Waals surface area contributed by atoms with Gasteiger partial charge in [0.05, 0.1) is 14.2 Å². The van der Waals surface area contributed by atoms with Gasteiger partial charge in [-0.25, -0.2) is 0 Å². The standard InChI is InChI=1S/C16H23NO3/c1-19-13-9-8-12-5-3-6-15(14(12)11-13)17-10-4-7-16(18)20-2/h8-9,11,15,17H,3-7,10H2,1-2H3. The molecule has 4 nitrogen and oxygen atoms in total. The molecule has 20 heavy (non-hydrogen) atoms. The van der Waals surface area contributed by atoms with E-state index >= 15 is 0 Å². The number of ether oxygens (including phenoxy) is 2. The van der Waals surface area contributed by atoms with Gasteiger partial charge in [-0.05, 0) is 55.5 Å². The van der Waals surface area contributed by atoms with Crippen molar-refractivity contribution in [2.24, 2.45) is 0 Å². The van der Waals surface area contributed by atoms with Crippen molar-refractivity contribution < 1.29 is 14.3 Å². The number of fused-ring (bicyclic) bond motifs is 1. The van der Waals surface area contributed by atoms with Crippen molar-refractivity contribution in [1.29, 1.82) is 0 Å². The van der Waals surface area contributed by atoms with E-state index < -0.39 is 0 Å². The summed E-state index contributed by atoms with van der Waals surface area (Å²) in [6.07, 6.45) is 4.76. The lowest BCUT2D eigenvalue weighted by Gasteiger charge is -2.27. The topological polar surface area (TPSA) is 47.6 Å². The molecule has 0 saturated carbocycles. The van der Waals surface area contributed by atoms with Gasteiger partial charge in [0, 0.05) is 12.5 Å². The van der Waals surface area contributed by atoms with Gasteiger partial charge in [-0.1, -0.05) is 6.07 Å². The highest BCUT2D eigenvalue weighted by Crippen LogP contribution is 2.32. The lowest BCUT2D eigenvalue weighted by atomic mass is 9.87. The first-order chi connectivity index (χ1) is 9.74. The largest absolute Gasteiger partial charge is 0.497 e. The molecule has 0 aromatic heterocycles. The molecule has 1 aliphatic rings. The van der Waals surface area contributed by atoms with E-state index in [4.69, 9.17) is 4.74 Å². The van der Waals surface area contributed by atoms with E-state index in [0.717, 1.165) is 31.6 Å². The molecule has 1 aliphatic carbocycles. The van der Waals surface area contributed by atoms with E-state index in [2.05, 4.69) is 22.2 Å². The number of aryl methyl sites for hydroxylation is 1. The Morgan fingerprint density at radius 3 is 3.00 bits per heavy atom. The van der Waals surface area contributed by atoms with Crippen molar-refractivity contribution in [2.75, 3.05) is 20.8 Å². The molecule has 1 aromatic carbocycles. The van der Waals surface area contributed by atoms with E-state index in [-0.39, 0.29) is 5.97 Å². The Morgan fingerprint density at radius 2 is 2.25 bits per heavy atom. The summed E-state index contributed by atoms with van der Waals surface area (Å²) >= 11 is 0. The van der Waals surface area contributed by atoms with Crippen LogP contribution in [0.15, 0.2) is 18.2 Å². The van der Waals surface area contributed by atoms with Crippen molar-refractivity contribution in [3.05, 3.63) is 29.3 Å². The minimum absolute atomic E-state index is 0.141. The van der Waals surface area contributed by atoms with Crippen LogP contribution >= 0.6 is 0 Å². The van der Waals surface area contributed by atoms with Gasteiger partial charge in [0.2, 0.25) is 0 Å². The van der Waals surface area contributed by atoms with Crippen LogP contribution in [0.1, 0.15) is 42.9 Å². The summed E-state index contributed by atoms with van der Waals surface area (Å²) in [5.74, 6) is 0.768. The Labute approximate surface area is 120 Å². The van der Waals surface area contributed by atoms with Gasteiger partial charge in [-0.2, -0.15) is 0 Å². The number of carbonyl (C=O) groups is 1. The zero-order valence-corrected chi connectivity index (χ0v) is 12.3. The van der Waals surface area contributed by atoms with E-state index in [1.54, 1.807) is 7.11 Å². The minimum Gasteiger partial charge on any atom is -0.497 e. The summed E-state index contributed by atoms with van der Waals surface area (Å²) in [6, 6.07) is 6.69. The number of methoxy groups -OCH3 is 2. The van der Waals surface area contributed by atoms with Crippen molar-refractivity contribution in [1.82, 2.24) is 5.32 Å². The molecule has 4 heteroatoms. The van der Waals surface area contributed by atoms with Crippen molar-refractivity contribution in [3.63, 3.8) is 0 Å². The number of benzene rings is 1. The Morgan fingerprint density at radius 1 is 1.40 bits per heavy atom. The summed E-state index contributed by atoms with van der Waals surface area (Å²) in [7, 11) is 3.13. The summed E-state index contributed by atoms with van der Waals surface area (Å²) in [4.78, 5) is 11.1. The van der Waals surface area contributed by atoms with Crippen LogP contribution in [0.2, 0.25) is 0 Å². The quantitative estimate of drug-likeness (QED) is 0.641. The first-order valence-electron chi connectivity index (χ1n) is 7.21. The highest BCUT2D eigenvalue weighted by atomic mass is 16.5. The summed E-state index contributed by atoms with van der Waals surface area (Å²) in [6.45, 7) is 0.830. The number of carbonyl (C=O) groups excluding carboxylic acids is 1. The molecule has 110 valence electrons. The lowest BCUT2D eigenvalue weighted by Crippen LogP contribution is -2.26. The van der Waals surface area contributed by atoms with Gasteiger partial charge in [0.1, 0.15) is 5.75 Å². The smallest absolute Gasteiger partial charge is 0.305 e. The van der Waals surface area contributed by atoms with Crippen LogP contribution in [0.4, 0.5) is 0 Å². The SMILES string of the molecule is COC(=O)CCCNC1CCCc2ccc(OC)cc21. The second-order valence-corrected chi connectivity index (χ2v) is 5.14. The van der Waals surface area contributed by atoms with Crippen LogP contribution in [-0.4, -0.2) is 26.7 Å². The molecule has 0 aliphatic heterocycles. The normalized spacial score (nSPS) is 17.4. The van der Waals surface area contributed by atoms with Gasteiger partial charge in [0.15, 0.2) is 0 Å². The van der Waals surface area contributed by atoms with Gasteiger partial charge in [-0.15, -0.1) is 0 Å². The molecule has 0 radical (unpaired) electrons. The van der Waals surface area contributed by atoms with Crippen LogP contribution < -0.4 is 10.1 Å². The molecule has 1 aromatic rings. The fourth-order valence-corrected chi connectivity index (χ4v) is 2.73. The third-order valence-electron chi connectivity index (χ3n) is 3.84. The maximum absolute atomic E-state index is 11.1. The average Bonchev–Trinajstić information content (AvgIpc) is 2.50. The van der Waals surface area contributed by atoms with Crippen molar-refractivity contribution in [3.8, 4) is 5.75 Å². The van der Waals surface area contributed by atoms with Gasteiger partial charge in [0.25, 0.3) is 0 Å². The molecule has 0 bridgehead atoms. The summed E-state index contributed by atoms with van der Waals surface area (Å²) in [5.41, 5.74) is 2.75. The molecular weight excluding hydrogens is 254 g/mol. The number of hydrogen-bond acceptors (Lipinski definition) is 4. The van der Waals surface area contributed by atoms with Crippen LogP contribution in [0.25, 0.3) is 0 Å². The molecule has 1 atom stereocenters. The Hall–Kier alpha value is -1.55. The van der Waals surface area contributed by atoms with Crippen molar-refractivity contribution >= 4 is 5.97 Å². The fourth-order valence-electron chi connectivity index (χ4n) is 2.73. The first kappa shape index (κ1) is 14.9. The minimum atomic E-state index is -0.141. The Kier molecular flexibility index (Phi) is 5.41. The monoisotopic (exact) mass is 277 g/mol. The van der Waals surface area contributed by atoms with Gasteiger partial charge < -0.3 is 14.8 Å². The van der Waals surface area contributed by atoms with Crippen LogP contribution in [-0.2, 0) is 16.0 Å². The summed E-state index contributed by atoms with van der Waals surface area (Å²) < 4.78 is 9.96. The molecule has 0 saturated heterocycles. The molecule has 2 rings (SSSR count). The predicted octanol–water partition coefficient (Wildman–Crippen LogP) is 2.62. The van der Waals surface area contributed by atoms with Crippen LogP contribution in [0.3, 0.4) is 0 Å². The number of esters is 1. The maximum Gasteiger partial charge on any atom is 0.305 e. The Bertz CT molecular complexity index is 459. The van der Waals surface area contributed by atoms with E-state index in [0.29, 0.717) is 12.5 Å². The molecule has 0 spiro atoms. The maximum atomic E-state index is 11.1. The van der Waals surface area contributed by atoms with Gasteiger partial charge >= 0.3 is 5.97 Å². The number of hydrogen-bond donors (Lipinski definition) is 1. The molecule has 0 amide bonds. The van der Waals surface area contributed by atoms with E-state index in [9.17, 15) is 4.79 Å². The molecule has 0 heterocycles. The average molecular weight is 277 g/mol. The molecule has 1 N–H and O–H groups in total. The fraction of sp³-hybridized carbons (Fsp3) is 0.562. The zero-order chi connectivity index (χ0) is 14.4. The zero-order valence-electron chi connectivity index (χ0n) is 12.3. The van der Waals surface area contributed by atoms with E-state index in [1.165, 1.54) is 24.7 Å². The molecule has 0 fully saturated rings. The van der Waals surface area contributed by atoms with E-state index in [1.807, 2.05) is 6.07 Å². The Balaban J connectivity index is 1.92. The molecule has 1 unspecified atom stereocenters. The lowest BCUT2D eigenvalue weighted by molar-refractivity contribution is -0.140. The first-order valence-corrected chi connectivity index (χ1v) is 7.21. The second-order valence-electron chi connectivity index (χ2n) is 5.14. The third kappa shape index (κ3) is 3.73. The second kappa shape index (κ2) is 7.29. The number of nitrogens with one attached hydrogen (secondary N) is 1. The van der Waals surface area contributed by atoms with Crippen molar-refractivity contribution in [2.45, 2.75) is 38.1 Å². The predicted molar refractivity (Wildman–Crippen MR) is 77.9 cm³/mol.